The molecule has 0 bridgehead atoms. The van der Waals surface area contributed by atoms with Crippen LogP contribution in [-0.2, 0) is 6.42 Å². The summed E-state index contributed by atoms with van der Waals surface area (Å²) < 4.78 is 0. The molecule has 80 valence electrons. The number of rotatable bonds is 3. The second kappa shape index (κ2) is 4.64. The minimum Gasteiger partial charge on any atom is -0.240 e. The van der Waals surface area contributed by atoms with Gasteiger partial charge >= 0.3 is 0 Å². The number of thiazole rings is 1. The third-order valence-corrected chi connectivity index (χ3v) is 4.85. The number of halogens is 1. The molecule has 0 atom stereocenters. The zero-order chi connectivity index (χ0) is 10.8. The molecule has 15 heavy (non-hydrogen) atoms. The van der Waals surface area contributed by atoms with Gasteiger partial charge in [-0.05, 0) is 37.3 Å². The maximum atomic E-state index is 5.75. The van der Waals surface area contributed by atoms with Crippen molar-refractivity contribution in [3.05, 3.63) is 27.6 Å². The lowest BCUT2D eigenvalue weighted by molar-refractivity contribution is 1.12. The van der Waals surface area contributed by atoms with Crippen molar-refractivity contribution < 1.29 is 0 Å². The normalized spacial score (nSPS) is 10.9. The van der Waals surface area contributed by atoms with Crippen molar-refractivity contribution in [2.24, 2.45) is 0 Å². The van der Waals surface area contributed by atoms with Gasteiger partial charge in [0.15, 0.2) is 0 Å². The maximum absolute atomic E-state index is 5.75. The molecule has 0 aliphatic carbocycles. The quantitative estimate of drug-likeness (QED) is 0.749. The Morgan fingerprint density at radius 3 is 2.80 bits per heavy atom. The molecule has 1 nitrogen and oxygen atoms in total. The maximum Gasteiger partial charge on any atom is 0.134 e. The molecule has 0 aliphatic rings. The zero-order valence-electron chi connectivity index (χ0n) is 8.71. The molecule has 0 unspecified atom stereocenters. The number of nitrogens with zero attached hydrogens (tertiary/aromatic N) is 1. The Kier molecular flexibility index (Phi) is 3.44. The highest BCUT2D eigenvalue weighted by atomic mass is 35.5. The van der Waals surface area contributed by atoms with Gasteiger partial charge in [0.1, 0.15) is 5.01 Å². The standard InChI is InChI=1S/C11H12ClNS2/c1-7-4-6-14-10(7)11-13-8(2)9(15-11)3-5-12/h4,6H,3,5H2,1-2H3. The topological polar surface area (TPSA) is 12.9 Å². The molecular weight excluding hydrogens is 246 g/mol. The van der Waals surface area contributed by atoms with Gasteiger partial charge in [-0.3, -0.25) is 0 Å². The summed E-state index contributed by atoms with van der Waals surface area (Å²) >= 11 is 9.28. The van der Waals surface area contributed by atoms with Crippen LogP contribution >= 0.6 is 34.3 Å². The van der Waals surface area contributed by atoms with E-state index >= 15 is 0 Å². The second-order valence-corrected chi connectivity index (χ2v) is 5.78. The first-order chi connectivity index (χ1) is 7.22. The highest BCUT2D eigenvalue weighted by Crippen LogP contribution is 2.34. The first kappa shape index (κ1) is 11.1. The molecule has 0 saturated heterocycles. The average Bonchev–Trinajstić information content (AvgIpc) is 2.75. The molecule has 0 fully saturated rings. The summed E-state index contributed by atoms with van der Waals surface area (Å²) in [4.78, 5) is 7.21. The fourth-order valence-electron chi connectivity index (χ4n) is 1.43. The van der Waals surface area contributed by atoms with E-state index in [9.17, 15) is 0 Å². The zero-order valence-corrected chi connectivity index (χ0v) is 11.1. The molecule has 0 amide bonds. The highest BCUT2D eigenvalue weighted by molar-refractivity contribution is 7.21. The van der Waals surface area contributed by atoms with Crippen molar-refractivity contribution in [1.82, 2.24) is 4.98 Å². The van der Waals surface area contributed by atoms with E-state index in [0.29, 0.717) is 5.88 Å². The van der Waals surface area contributed by atoms with E-state index in [-0.39, 0.29) is 0 Å². The van der Waals surface area contributed by atoms with Gasteiger partial charge in [0.25, 0.3) is 0 Å². The van der Waals surface area contributed by atoms with E-state index in [2.05, 4.69) is 30.3 Å². The molecule has 0 aliphatic heterocycles. The first-order valence-electron chi connectivity index (χ1n) is 4.79. The number of aryl methyl sites for hydroxylation is 3. The summed E-state index contributed by atoms with van der Waals surface area (Å²) in [7, 11) is 0. The fourth-order valence-corrected chi connectivity index (χ4v) is 3.88. The monoisotopic (exact) mass is 257 g/mol. The molecule has 4 heteroatoms. The van der Waals surface area contributed by atoms with E-state index in [1.165, 1.54) is 15.3 Å². The lowest BCUT2D eigenvalue weighted by atomic mass is 10.3. The van der Waals surface area contributed by atoms with Gasteiger partial charge in [-0.2, -0.15) is 0 Å². The molecular formula is C11H12ClNS2. The number of hydrogen-bond acceptors (Lipinski definition) is 3. The Morgan fingerprint density at radius 1 is 1.40 bits per heavy atom. The van der Waals surface area contributed by atoms with Crippen molar-refractivity contribution in [1.29, 1.82) is 0 Å². The molecule has 0 aromatic carbocycles. The van der Waals surface area contributed by atoms with Gasteiger partial charge in [0.2, 0.25) is 0 Å². The van der Waals surface area contributed by atoms with Crippen LogP contribution in [0.4, 0.5) is 0 Å². The van der Waals surface area contributed by atoms with Gasteiger partial charge in [-0.25, -0.2) is 4.98 Å². The number of thiophene rings is 1. The van der Waals surface area contributed by atoms with Gasteiger partial charge < -0.3 is 0 Å². The smallest absolute Gasteiger partial charge is 0.134 e. The Morgan fingerprint density at radius 2 is 2.20 bits per heavy atom. The van der Waals surface area contributed by atoms with E-state index in [1.54, 1.807) is 22.7 Å². The molecule has 2 rings (SSSR count). The van der Waals surface area contributed by atoms with Crippen molar-refractivity contribution in [3.8, 4) is 9.88 Å². The molecule has 0 spiro atoms. The number of hydrogen-bond donors (Lipinski definition) is 0. The SMILES string of the molecule is Cc1ccsc1-c1nc(C)c(CCCl)s1. The summed E-state index contributed by atoms with van der Waals surface area (Å²) in [6.45, 7) is 4.19. The highest BCUT2D eigenvalue weighted by Gasteiger charge is 2.11. The lowest BCUT2D eigenvalue weighted by Gasteiger charge is -1.91. The van der Waals surface area contributed by atoms with Crippen LogP contribution in [0.25, 0.3) is 9.88 Å². The van der Waals surface area contributed by atoms with Crippen LogP contribution in [0.2, 0.25) is 0 Å². The molecule has 0 radical (unpaired) electrons. The van der Waals surface area contributed by atoms with Gasteiger partial charge in [-0.1, -0.05) is 0 Å². The van der Waals surface area contributed by atoms with E-state index in [4.69, 9.17) is 11.6 Å². The van der Waals surface area contributed by atoms with Crippen LogP contribution in [0.5, 0.6) is 0 Å². The average molecular weight is 258 g/mol. The third-order valence-electron chi connectivity index (χ3n) is 2.27. The molecule has 0 saturated carbocycles. The predicted octanol–water partition coefficient (Wildman–Crippen LogP) is 4.27. The third kappa shape index (κ3) is 2.25. The fraction of sp³-hybridized carbons (Fsp3) is 0.364. The van der Waals surface area contributed by atoms with Crippen LogP contribution in [0.15, 0.2) is 11.4 Å². The summed E-state index contributed by atoms with van der Waals surface area (Å²) in [6, 6.07) is 2.14. The molecule has 2 aromatic heterocycles. The Hall–Kier alpha value is -0.380. The minimum absolute atomic E-state index is 0.673. The van der Waals surface area contributed by atoms with Crippen LogP contribution in [0.3, 0.4) is 0 Å². The van der Waals surface area contributed by atoms with Crippen LogP contribution < -0.4 is 0 Å². The van der Waals surface area contributed by atoms with Crippen molar-refractivity contribution in [3.63, 3.8) is 0 Å². The molecule has 2 aromatic rings. The summed E-state index contributed by atoms with van der Waals surface area (Å²) in [5, 5.41) is 3.25. The van der Waals surface area contributed by atoms with Gasteiger partial charge in [0, 0.05) is 10.8 Å². The predicted molar refractivity (Wildman–Crippen MR) is 69.3 cm³/mol. The molecule has 0 N–H and O–H groups in total. The first-order valence-corrected chi connectivity index (χ1v) is 7.02. The summed E-state index contributed by atoms with van der Waals surface area (Å²) in [6.07, 6.45) is 0.926. The van der Waals surface area contributed by atoms with Crippen LogP contribution in [0, 0.1) is 13.8 Å². The number of alkyl halides is 1. The van der Waals surface area contributed by atoms with Crippen LogP contribution in [-0.4, -0.2) is 10.9 Å². The van der Waals surface area contributed by atoms with Crippen molar-refractivity contribution in [2.75, 3.05) is 5.88 Å². The Labute approximate surface area is 103 Å². The van der Waals surface area contributed by atoms with E-state index in [0.717, 1.165) is 17.1 Å². The number of aromatic nitrogens is 1. The Bertz CT molecular complexity index is 459. The molecule has 2 heterocycles. The second-order valence-electron chi connectivity index (χ2n) is 3.40. The van der Waals surface area contributed by atoms with Crippen molar-refractivity contribution >= 4 is 34.3 Å². The van der Waals surface area contributed by atoms with Crippen molar-refractivity contribution in [2.45, 2.75) is 20.3 Å². The van der Waals surface area contributed by atoms with E-state index in [1.807, 2.05) is 0 Å². The lowest BCUT2D eigenvalue weighted by Crippen LogP contribution is -1.84. The summed E-state index contributed by atoms with van der Waals surface area (Å²) in [5.41, 5.74) is 2.44. The minimum atomic E-state index is 0.673. The van der Waals surface area contributed by atoms with E-state index < -0.39 is 0 Å². The summed E-state index contributed by atoms with van der Waals surface area (Å²) in [5.74, 6) is 0.673. The van der Waals surface area contributed by atoms with Gasteiger partial charge in [0.05, 0.1) is 10.6 Å². The largest absolute Gasteiger partial charge is 0.240 e. The Balaban J connectivity index is 2.38. The van der Waals surface area contributed by atoms with Crippen LogP contribution in [0.1, 0.15) is 16.1 Å². The van der Waals surface area contributed by atoms with Gasteiger partial charge in [-0.15, -0.1) is 34.3 Å².